The summed E-state index contributed by atoms with van der Waals surface area (Å²) in [6.07, 6.45) is 1.23. The first-order valence-corrected chi connectivity index (χ1v) is 18.4. The van der Waals surface area contributed by atoms with E-state index in [1.54, 1.807) is 28.0 Å². The third kappa shape index (κ3) is 9.50. The van der Waals surface area contributed by atoms with Crippen LogP contribution >= 0.6 is 11.3 Å². The first-order chi connectivity index (χ1) is 22.3. The quantitative estimate of drug-likeness (QED) is 0.202. The normalized spacial score (nSPS) is 15.7. The van der Waals surface area contributed by atoms with Crippen LogP contribution in [0, 0.1) is 18.8 Å². The number of thiazole rings is 1. The molecule has 3 N–H and O–H groups in total. The fraction of sp³-hybridized carbons (Fsp3) is 0.457. The monoisotopic (exact) mass is 681 g/mol. The Balaban J connectivity index is 1.51. The van der Waals surface area contributed by atoms with Gasteiger partial charge in [0.1, 0.15) is 6.04 Å². The summed E-state index contributed by atoms with van der Waals surface area (Å²) in [4.78, 5) is 35.3. The summed E-state index contributed by atoms with van der Waals surface area (Å²) in [5.41, 5.74) is 3.17. The zero-order valence-corrected chi connectivity index (χ0v) is 29.5. The first kappa shape index (κ1) is 36.3. The van der Waals surface area contributed by atoms with Crippen molar-refractivity contribution in [1.82, 2.24) is 24.8 Å². The number of nitrogens with zero attached hydrogens (tertiary/aromatic N) is 3. The molecule has 0 radical (unpaired) electrons. The number of sulfonamides is 1. The second-order valence-corrected chi connectivity index (χ2v) is 15.6. The number of aliphatic hydroxyl groups excluding tert-OH is 1. The van der Waals surface area contributed by atoms with Crippen LogP contribution in [-0.2, 0) is 34.2 Å². The van der Waals surface area contributed by atoms with Crippen LogP contribution in [0.4, 0.5) is 4.79 Å². The minimum atomic E-state index is -3.99. The number of nitrogens with one attached hydrogen (secondary N) is 2. The van der Waals surface area contributed by atoms with E-state index in [0.717, 1.165) is 21.8 Å². The van der Waals surface area contributed by atoms with E-state index in [9.17, 15) is 23.1 Å². The Morgan fingerprint density at radius 2 is 1.83 bits per heavy atom. The fourth-order valence-electron chi connectivity index (χ4n) is 5.91. The van der Waals surface area contributed by atoms with Gasteiger partial charge in [-0.15, -0.1) is 11.3 Å². The van der Waals surface area contributed by atoms with Crippen molar-refractivity contribution in [2.75, 3.05) is 19.6 Å². The number of rotatable bonds is 16. The van der Waals surface area contributed by atoms with Crippen LogP contribution in [0.2, 0.25) is 0 Å². The first-order valence-electron chi connectivity index (χ1n) is 16.0. The fourth-order valence-corrected chi connectivity index (χ4v) is 7.79. The van der Waals surface area contributed by atoms with Gasteiger partial charge in [-0.25, -0.2) is 22.9 Å². The summed E-state index contributed by atoms with van der Waals surface area (Å²) in [6, 6.07) is 12.6. The number of hydrogen-bond donors (Lipinski definition) is 3. The van der Waals surface area contributed by atoms with Gasteiger partial charge in [0.05, 0.1) is 34.3 Å². The minimum Gasteiger partial charge on any atom is -0.390 e. The van der Waals surface area contributed by atoms with Gasteiger partial charge >= 0.3 is 6.03 Å². The molecule has 1 fully saturated rings. The van der Waals surface area contributed by atoms with Crippen molar-refractivity contribution < 1.29 is 23.1 Å². The smallest absolute Gasteiger partial charge is 0.321 e. The topological polar surface area (TPSA) is 132 Å². The molecule has 3 atom stereocenters. The van der Waals surface area contributed by atoms with Gasteiger partial charge in [-0.2, -0.15) is 0 Å². The Morgan fingerprint density at radius 3 is 2.45 bits per heavy atom. The molecule has 0 spiro atoms. The molecule has 2 aromatic carbocycles. The van der Waals surface area contributed by atoms with E-state index in [1.165, 1.54) is 11.3 Å². The van der Waals surface area contributed by atoms with Gasteiger partial charge in [0.15, 0.2) is 0 Å². The van der Waals surface area contributed by atoms with Crippen LogP contribution in [0.5, 0.6) is 0 Å². The lowest BCUT2D eigenvalue weighted by Gasteiger charge is -2.33. The molecule has 0 aliphatic carbocycles. The Labute approximate surface area is 283 Å². The summed E-state index contributed by atoms with van der Waals surface area (Å²) in [5.74, 6) is -0.395. The molecule has 1 aliphatic rings. The number of carbonyl (C=O) groups excluding carboxylic acids is 2. The molecule has 12 heteroatoms. The predicted octanol–water partition coefficient (Wildman–Crippen LogP) is 4.62. The molecule has 2 heterocycles. The predicted molar refractivity (Wildman–Crippen MR) is 186 cm³/mol. The second kappa shape index (κ2) is 16.0. The van der Waals surface area contributed by atoms with Crippen LogP contribution in [0.25, 0.3) is 6.08 Å². The maximum atomic E-state index is 13.9. The summed E-state index contributed by atoms with van der Waals surface area (Å²) in [6.45, 7) is 14.4. The number of urea groups is 1. The van der Waals surface area contributed by atoms with Gasteiger partial charge in [-0.05, 0) is 54.4 Å². The van der Waals surface area contributed by atoms with Gasteiger partial charge in [0.25, 0.3) is 0 Å². The lowest BCUT2D eigenvalue weighted by atomic mass is 9.98. The van der Waals surface area contributed by atoms with Crippen molar-refractivity contribution in [3.8, 4) is 0 Å². The third-order valence-electron chi connectivity index (χ3n) is 8.19. The van der Waals surface area contributed by atoms with Crippen LogP contribution in [0.3, 0.4) is 0 Å². The lowest BCUT2D eigenvalue weighted by molar-refractivity contribution is -0.128. The highest BCUT2D eigenvalue weighted by molar-refractivity contribution is 7.89. The molecule has 4 rings (SSSR count). The maximum absolute atomic E-state index is 13.9. The van der Waals surface area contributed by atoms with Crippen molar-refractivity contribution in [2.24, 2.45) is 11.8 Å². The number of aliphatic hydroxyl groups is 1. The highest BCUT2D eigenvalue weighted by Crippen LogP contribution is 2.23. The van der Waals surface area contributed by atoms with E-state index >= 15 is 0 Å². The molecule has 0 bridgehead atoms. The highest BCUT2D eigenvalue weighted by atomic mass is 32.2. The van der Waals surface area contributed by atoms with E-state index < -0.39 is 34.1 Å². The summed E-state index contributed by atoms with van der Waals surface area (Å²) in [5, 5.41) is 17.3. The van der Waals surface area contributed by atoms with Crippen molar-refractivity contribution >= 4 is 39.4 Å². The van der Waals surface area contributed by atoms with Gasteiger partial charge < -0.3 is 20.2 Å². The van der Waals surface area contributed by atoms with Crippen LogP contribution in [-0.4, -0.2) is 78.1 Å². The average molecular weight is 682 g/mol. The largest absolute Gasteiger partial charge is 0.390 e. The molecular formula is C35H47N5O5S2. The van der Waals surface area contributed by atoms with Crippen molar-refractivity contribution in [1.29, 1.82) is 0 Å². The molecule has 0 unspecified atom stereocenters. The molecule has 10 nitrogen and oxygen atoms in total. The van der Waals surface area contributed by atoms with E-state index in [2.05, 4.69) is 21.6 Å². The van der Waals surface area contributed by atoms with E-state index in [4.69, 9.17) is 0 Å². The lowest BCUT2D eigenvalue weighted by Crippen LogP contribution is -2.57. The van der Waals surface area contributed by atoms with Gasteiger partial charge in [0.2, 0.25) is 15.9 Å². The SMILES string of the molecule is C=Cc1ccc(S(=O)(=O)NC[C@@H](O)[C@H](Cc2ccccc2)NC(=O)[C@H](C(C)C)N2CCN(Cc3csc(C)n3)C2=O)c(CC(C)C)c1. The van der Waals surface area contributed by atoms with Crippen LogP contribution in [0.15, 0.2) is 65.4 Å². The molecule has 254 valence electrons. The van der Waals surface area contributed by atoms with Crippen molar-refractivity contribution in [2.45, 2.75) is 77.1 Å². The third-order valence-corrected chi connectivity index (χ3v) is 10.5. The van der Waals surface area contributed by atoms with E-state index in [1.807, 2.05) is 76.4 Å². The Kier molecular flexibility index (Phi) is 12.4. The van der Waals surface area contributed by atoms with Crippen LogP contribution < -0.4 is 10.0 Å². The molecular weight excluding hydrogens is 635 g/mol. The number of benzene rings is 2. The molecule has 3 amide bonds. The van der Waals surface area contributed by atoms with Crippen LogP contribution in [0.1, 0.15) is 55.1 Å². The van der Waals surface area contributed by atoms with Gasteiger partial charge in [0, 0.05) is 25.0 Å². The number of aryl methyl sites for hydroxylation is 1. The molecule has 1 aromatic heterocycles. The van der Waals surface area contributed by atoms with E-state index in [-0.39, 0.29) is 35.7 Å². The standard InChI is InChI=1S/C35H47N5O5S2/c1-7-26-13-14-32(28(18-26)17-23(2)3)47(44,45)36-20-31(41)30(19-27-11-9-8-10-12-27)38-34(42)33(24(4)5)40-16-15-39(35(40)43)21-29-22-46-25(6)37-29/h7-14,18,22-24,30-31,33,36,41H,1,15-17,19-21H2,2-6H3,(H,38,42)/t30-,31+,33-/m0/s1. The van der Waals surface area contributed by atoms with Gasteiger partial charge in [-0.1, -0.05) is 82.8 Å². The van der Waals surface area contributed by atoms with E-state index in [0.29, 0.717) is 31.6 Å². The molecule has 3 aromatic rings. The molecule has 47 heavy (non-hydrogen) atoms. The summed E-state index contributed by atoms with van der Waals surface area (Å²) < 4.78 is 29.6. The Morgan fingerprint density at radius 1 is 1.11 bits per heavy atom. The number of amides is 3. The highest BCUT2D eigenvalue weighted by Gasteiger charge is 2.40. The summed E-state index contributed by atoms with van der Waals surface area (Å²) in [7, 11) is -3.99. The second-order valence-electron chi connectivity index (χ2n) is 12.8. The number of aromatic nitrogens is 1. The molecule has 0 saturated carbocycles. The molecule has 1 aliphatic heterocycles. The molecule has 1 saturated heterocycles. The zero-order valence-electron chi connectivity index (χ0n) is 27.8. The number of carbonyl (C=O) groups is 2. The summed E-state index contributed by atoms with van der Waals surface area (Å²) >= 11 is 1.53. The maximum Gasteiger partial charge on any atom is 0.321 e. The van der Waals surface area contributed by atoms with Crippen molar-refractivity contribution in [3.05, 3.63) is 87.9 Å². The number of hydrogen-bond acceptors (Lipinski definition) is 7. The zero-order chi connectivity index (χ0) is 34.3. The Bertz CT molecular complexity index is 1640. The Hall–Kier alpha value is -3.58. The van der Waals surface area contributed by atoms with Gasteiger partial charge in [-0.3, -0.25) is 4.79 Å². The average Bonchev–Trinajstić information content (AvgIpc) is 3.59. The minimum absolute atomic E-state index is 0.150. The van der Waals surface area contributed by atoms with Crippen molar-refractivity contribution in [3.63, 3.8) is 0 Å².